The molecule has 0 saturated heterocycles. The predicted molar refractivity (Wildman–Crippen MR) is 46.2 cm³/mol. The van der Waals surface area contributed by atoms with Crippen LogP contribution in [0.25, 0.3) is 0 Å². The summed E-state index contributed by atoms with van der Waals surface area (Å²) in [6.45, 7) is 4.46. The Morgan fingerprint density at radius 3 is 2.45 bits per heavy atom. The Kier molecular flexibility index (Phi) is 2.90. The lowest BCUT2D eigenvalue weighted by Crippen LogP contribution is -2.41. The fourth-order valence-electron chi connectivity index (χ4n) is 1.83. The Bertz CT molecular complexity index is 125. The van der Waals surface area contributed by atoms with E-state index in [1.165, 1.54) is 0 Å². The first kappa shape index (κ1) is 9.01. The summed E-state index contributed by atoms with van der Waals surface area (Å²) in [5, 5.41) is 9.35. The molecule has 1 aliphatic rings. The highest BCUT2D eigenvalue weighted by Crippen LogP contribution is 2.29. The van der Waals surface area contributed by atoms with Gasteiger partial charge in [-0.1, -0.05) is 13.8 Å². The zero-order valence-corrected chi connectivity index (χ0v) is 7.46. The fourth-order valence-corrected chi connectivity index (χ4v) is 1.83. The van der Waals surface area contributed by atoms with E-state index in [9.17, 15) is 5.11 Å². The molecule has 0 heterocycles. The number of aliphatic hydroxyl groups excluding tert-OH is 1. The summed E-state index contributed by atoms with van der Waals surface area (Å²) in [4.78, 5) is 0. The second-order valence-electron chi connectivity index (χ2n) is 4.05. The summed E-state index contributed by atoms with van der Waals surface area (Å²) < 4.78 is 0. The standard InChI is InChI=1S/C9H19NO/c1-6(2)7-3-4-9(11)8(10)5-7/h6-9,11H,3-5,10H2,1-2H3/t7-,8-,9+/m0/s1. The Morgan fingerprint density at radius 1 is 1.36 bits per heavy atom. The van der Waals surface area contributed by atoms with Crippen molar-refractivity contribution in [1.82, 2.24) is 0 Å². The van der Waals surface area contributed by atoms with E-state index >= 15 is 0 Å². The number of nitrogens with two attached hydrogens (primary N) is 1. The second kappa shape index (κ2) is 3.55. The summed E-state index contributed by atoms with van der Waals surface area (Å²) in [6, 6.07) is 0.0242. The van der Waals surface area contributed by atoms with E-state index < -0.39 is 0 Å². The Morgan fingerprint density at radius 2 is 2.00 bits per heavy atom. The summed E-state index contributed by atoms with van der Waals surface area (Å²) in [5.41, 5.74) is 5.76. The van der Waals surface area contributed by atoms with Crippen LogP contribution in [0.2, 0.25) is 0 Å². The molecule has 1 saturated carbocycles. The van der Waals surface area contributed by atoms with E-state index in [0.717, 1.165) is 25.2 Å². The molecule has 0 unspecified atom stereocenters. The van der Waals surface area contributed by atoms with Crippen molar-refractivity contribution in [2.45, 2.75) is 45.3 Å². The number of aliphatic hydroxyl groups is 1. The molecular formula is C9H19NO. The maximum atomic E-state index is 9.35. The van der Waals surface area contributed by atoms with Crippen molar-refractivity contribution in [3.63, 3.8) is 0 Å². The first-order chi connectivity index (χ1) is 5.11. The Labute approximate surface area is 68.8 Å². The highest BCUT2D eigenvalue weighted by Gasteiger charge is 2.27. The van der Waals surface area contributed by atoms with Crippen LogP contribution < -0.4 is 5.73 Å². The van der Waals surface area contributed by atoms with E-state index in [2.05, 4.69) is 13.8 Å². The van der Waals surface area contributed by atoms with Crippen LogP contribution in [0, 0.1) is 11.8 Å². The smallest absolute Gasteiger partial charge is 0.0691 e. The van der Waals surface area contributed by atoms with Gasteiger partial charge in [0, 0.05) is 6.04 Å². The lowest BCUT2D eigenvalue weighted by molar-refractivity contribution is 0.0752. The van der Waals surface area contributed by atoms with Gasteiger partial charge in [-0.3, -0.25) is 0 Å². The monoisotopic (exact) mass is 157 g/mol. The molecule has 3 atom stereocenters. The van der Waals surface area contributed by atoms with Gasteiger partial charge in [0.2, 0.25) is 0 Å². The molecule has 0 bridgehead atoms. The van der Waals surface area contributed by atoms with Gasteiger partial charge in [0.1, 0.15) is 0 Å². The summed E-state index contributed by atoms with van der Waals surface area (Å²) in [7, 11) is 0. The predicted octanol–water partition coefficient (Wildman–Crippen LogP) is 1.13. The van der Waals surface area contributed by atoms with Gasteiger partial charge in [0.15, 0.2) is 0 Å². The minimum atomic E-state index is -0.245. The minimum Gasteiger partial charge on any atom is -0.392 e. The molecule has 3 N–H and O–H groups in total. The van der Waals surface area contributed by atoms with Crippen LogP contribution in [-0.2, 0) is 0 Å². The first-order valence-corrected chi connectivity index (χ1v) is 4.55. The SMILES string of the molecule is CC(C)[C@H]1CC[C@@H](O)[C@@H](N)C1. The fraction of sp³-hybridized carbons (Fsp3) is 1.00. The van der Waals surface area contributed by atoms with Crippen LogP contribution in [-0.4, -0.2) is 17.3 Å². The highest BCUT2D eigenvalue weighted by molar-refractivity contribution is 4.83. The van der Waals surface area contributed by atoms with Crippen LogP contribution >= 0.6 is 0 Å². The van der Waals surface area contributed by atoms with Gasteiger partial charge in [0.05, 0.1) is 6.10 Å². The molecule has 0 aliphatic heterocycles. The largest absolute Gasteiger partial charge is 0.392 e. The van der Waals surface area contributed by atoms with Crippen molar-refractivity contribution in [2.24, 2.45) is 17.6 Å². The molecule has 0 aromatic heterocycles. The van der Waals surface area contributed by atoms with Crippen LogP contribution in [0.4, 0.5) is 0 Å². The molecular weight excluding hydrogens is 138 g/mol. The van der Waals surface area contributed by atoms with Crippen LogP contribution in [0.15, 0.2) is 0 Å². The third-order valence-electron chi connectivity index (χ3n) is 2.85. The van der Waals surface area contributed by atoms with Crippen molar-refractivity contribution >= 4 is 0 Å². The van der Waals surface area contributed by atoms with Gasteiger partial charge in [-0.15, -0.1) is 0 Å². The van der Waals surface area contributed by atoms with Gasteiger partial charge in [-0.2, -0.15) is 0 Å². The zero-order valence-electron chi connectivity index (χ0n) is 7.46. The quantitative estimate of drug-likeness (QED) is 0.599. The van der Waals surface area contributed by atoms with Gasteiger partial charge < -0.3 is 10.8 Å². The normalized spacial score (nSPS) is 39.5. The molecule has 11 heavy (non-hydrogen) atoms. The molecule has 1 fully saturated rings. The van der Waals surface area contributed by atoms with Crippen molar-refractivity contribution < 1.29 is 5.11 Å². The summed E-state index contributed by atoms with van der Waals surface area (Å²) in [6.07, 6.45) is 2.79. The van der Waals surface area contributed by atoms with Crippen molar-refractivity contribution in [1.29, 1.82) is 0 Å². The average molecular weight is 157 g/mol. The summed E-state index contributed by atoms with van der Waals surface area (Å²) in [5.74, 6) is 1.45. The van der Waals surface area contributed by atoms with E-state index in [0.29, 0.717) is 5.92 Å². The molecule has 1 rings (SSSR count). The zero-order chi connectivity index (χ0) is 8.43. The highest BCUT2D eigenvalue weighted by atomic mass is 16.3. The first-order valence-electron chi connectivity index (χ1n) is 4.55. The Hall–Kier alpha value is -0.0800. The molecule has 1 aliphatic carbocycles. The van der Waals surface area contributed by atoms with Crippen molar-refractivity contribution in [3.8, 4) is 0 Å². The molecule has 2 heteroatoms. The minimum absolute atomic E-state index is 0.0242. The molecule has 2 nitrogen and oxygen atoms in total. The molecule has 0 amide bonds. The van der Waals surface area contributed by atoms with E-state index in [1.54, 1.807) is 0 Å². The van der Waals surface area contributed by atoms with E-state index in [4.69, 9.17) is 5.73 Å². The van der Waals surface area contributed by atoms with Crippen molar-refractivity contribution in [3.05, 3.63) is 0 Å². The average Bonchev–Trinajstić information content (AvgIpc) is 1.94. The van der Waals surface area contributed by atoms with E-state index in [-0.39, 0.29) is 12.1 Å². The number of rotatable bonds is 1. The summed E-state index contributed by atoms with van der Waals surface area (Å²) >= 11 is 0. The second-order valence-corrected chi connectivity index (χ2v) is 4.05. The van der Waals surface area contributed by atoms with Crippen LogP contribution in [0.1, 0.15) is 33.1 Å². The maximum absolute atomic E-state index is 9.35. The maximum Gasteiger partial charge on any atom is 0.0691 e. The molecule has 0 radical (unpaired) electrons. The van der Waals surface area contributed by atoms with Gasteiger partial charge in [0.25, 0.3) is 0 Å². The van der Waals surface area contributed by atoms with Crippen molar-refractivity contribution in [2.75, 3.05) is 0 Å². The number of hydrogen-bond donors (Lipinski definition) is 2. The Balaban J connectivity index is 2.40. The lowest BCUT2D eigenvalue weighted by atomic mass is 9.78. The van der Waals surface area contributed by atoms with Crippen LogP contribution in [0.5, 0.6) is 0 Å². The molecule has 0 spiro atoms. The third kappa shape index (κ3) is 2.17. The van der Waals surface area contributed by atoms with Gasteiger partial charge >= 0.3 is 0 Å². The van der Waals surface area contributed by atoms with Gasteiger partial charge in [-0.05, 0) is 31.1 Å². The molecule has 0 aromatic rings. The van der Waals surface area contributed by atoms with E-state index in [1.807, 2.05) is 0 Å². The third-order valence-corrected chi connectivity index (χ3v) is 2.85. The van der Waals surface area contributed by atoms with Gasteiger partial charge in [-0.25, -0.2) is 0 Å². The lowest BCUT2D eigenvalue weighted by Gasteiger charge is -2.32. The van der Waals surface area contributed by atoms with Crippen LogP contribution in [0.3, 0.4) is 0 Å². The molecule has 66 valence electrons. The number of hydrogen-bond acceptors (Lipinski definition) is 2. The molecule has 0 aromatic carbocycles. The topological polar surface area (TPSA) is 46.2 Å².